The molecule has 0 unspecified atom stereocenters. The minimum absolute atomic E-state index is 0.132. The van der Waals surface area contributed by atoms with Crippen molar-refractivity contribution in [3.05, 3.63) is 78.4 Å². The summed E-state index contributed by atoms with van der Waals surface area (Å²) in [4.78, 5) is 37.8. The molecule has 10 nitrogen and oxygen atoms in total. The summed E-state index contributed by atoms with van der Waals surface area (Å²) in [7, 11) is 1.22. The van der Waals surface area contributed by atoms with Gasteiger partial charge in [-0.1, -0.05) is 35.4 Å². The molecular weight excluding hydrogens is 424 g/mol. The maximum absolute atomic E-state index is 12.4. The van der Waals surface area contributed by atoms with E-state index < -0.39 is 12.1 Å². The minimum atomic E-state index is -0.793. The second-order valence-electron chi connectivity index (χ2n) is 6.70. The van der Waals surface area contributed by atoms with Crippen molar-refractivity contribution >= 4 is 40.5 Å². The zero-order valence-corrected chi connectivity index (χ0v) is 17.4. The van der Waals surface area contributed by atoms with Crippen LogP contribution in [0.2, 0.25) is 0 Å². The van der Waals surface area contributed by atoms with Gasteiger partial charge in [0.1, 0.15) is 6.07 Å². The Morgan fingerprint density at radius 2 is 1.82 bits per heavy atom. The van der Waals surface area contributed by atoms with Gasteiger partial charge in [-0.3, -0.25) is 0 Å². The number of benzene rings is 3. The first-order valence-corrected chi connectivity index (χ1v) is 9.75. The molecule has 10 heteroatoms. The highest BCUT2D eigenvalue weighted by Crippen LogP contribution is 2.23. The number of imidazole rings is 1. The van der Waals surface area contributed by atoms with Gasteiger partial charge in [0.2, 0.25) is 5.95 Å². The first-order valence-electron chi connectivity index (χ1n) is 9.75. The van der Waals surface area contributed by atoms with Gasteiger partial charge in [-0.25, -0.2) is 14.6 Å². The maximum Gasteiger partial charge on any atom is 0.450 e. The third-order valence-corrected chi connectivity index (χ3v) is 4.49. The van der Waals surface area contributed by atoms with Gasteiger partial charge in [-0.2, -0.15) is 5.26 Å². The number of carbonyl (C=O) groups is 2. The lowest BCUT2D eigenvalue weighted by atomic mass is 10.2. The summed E-state index contributed by atoms with van der Waals surface area (Å²) in [5.41, 5.74) is 2.48. The molecule has 1 heterocycles. The number of aromatic amines is 1. The molecule has 3 aromatic carbocycles. The van der Waals surface area contributed by atoms with Crippen LogP contribution in [-0.2, 0) is 4.74 Å². The Bertz CT molecular complexity index is 1330. The van der Waals surface area contributed by atoms with Crippen LogP contribution in [0.25, 0.3) is 11.0 Å². The number of methoxy groups -OCH3 is 1. The second-order valence-corrected chi connectivity index (χ2v) is 6.70. The monoisotopic (exact) mass is 442 g/mol. The van der Waals surface area contributed by atoms with Crippen LogP contribution in [0.1, 0.15) is 5.56 Å². The van der Waals surface area contributed by atoms with Crippen molar-refractivity contribution in [2.75, 3.05) is 22.8 Å². The summed E-state index contributed by atoms with van der Waals surface area (Å²) in [5.74, 6) is 0.378. The number of rotatable bonds is 5. The molecule has 33 heavy (non-hydrogen) atoms. The zero-order valence-electron chi connectivity index (χ0n) is 17.4. The lowest BCUT2D eigenvalue weighted by Gasteiger charge is -2.18. The molecule has 0 saturated heterocycles. The molecule has 0 radical (unpaired) electrons. The molecule has 4 rings (SSSR count). The number of hydrogen-bond acceptors (Lipinski definition) is 6. The van der Waals surface area contributed by atoms with Gasteiger partial charge in [0.05, 0.1) is 29.4 Å². The highest BCUT2D eigenvalue weighted by molar-refractivity contribution is 6.00. The Morgan fingerprint density at radius 3 is 2.61 bits per heavy atom. The zero-order chi connectivity index (χ0) is 23.2. The second kappa shape index (κ2) is 9.40. The number of carbonyl (C=O) groups excluding carboxylic acids is 2. The molecule has 1 aromatic heterocycles. The molecule has 164 valence electrons. The summed E-state index contributed by atoms with van der Waals surface area (Å²) in [6, 6.07) is 21.8. The number of nitrogens with zero attached hydrogens (tertiary/aromatic N) is 3. The van der Waals surface area contributed by atoms with E-state index in [-0.39, 0.29) is 11.7 Å². The van der Waals surface area contributed by atoms with Gasteiger partial charge < -0.3 is 25.2 Å². The predicted octanol–water partition coefficient (Wildman–Crippen LogP) is 4.65. The van der Waals surface area contributed by atoms with Crippen molar-refractivity contribution in [3.8, 4) is 11.8 Å². The first-order chi connectivity index (χ1) is 16.1. The molecule has 0 atom stereocenters. The Hall–Kier alpha value is -5.04. The Labute approximate surface area is 188 Å². The standard InChI is InChI=1S/C23H18N6O4/c1-32-23(31)29(21-26-19-11-4-5-12-20(19)27-21)33-17-9-6-8-16(13-17)25-22(30)28-18-10-3-2-7-15(18)14-24/h2-13H,1H3,(H,26,27)(H2,25,28,30). The Morgan fingerprint density at radius 1 is 1.03 bits per heavy atom. The van der Waals surface area contributed by atoms with E-state index >= 15 is 0 Å². The van der Waals surface area contributed by atoms with E-state index in [2.05, 4.69) is 20.6 Å². The van der Waals surface area contributed by atoms with Crippen LogP contribution in [0.4, 0.5) is 26.9 Å². The average Bonchev–Trinajstić information content (AvgIpc) is 3.26. The number of fused-ring (bicyclic) bond motifs is 1. The van der Waals surface area contributed by atoms with Gasteiger partial charge in [-0.05, 0) is 36.4 Å². The number of nitrogens with one attached hydrogen (secondary N) is 3. The van der Waals surface area contributed by atoms with E-state index in [4.69, 9.17) is 14.8 Å². The number of anilines is 3. The van der Waals surface area contributed by atoms with Gasteiger partial charge in [-0.15, -0.1) is 0 Å². The van der Waals surface area contributed by atoms with E-state index in [9.17, 15) is 9.59 Å². The number of aromatic nitrogens is 2. The highest BCUT2D eigenvalue weighted by Gasteiger charge is 2.23. The molecular formula is C23H18N6O4. The van der Waals surface area contributed by atoms with Gasteiger partial charge in [0.25, 0.3) is 0 Å². The van der Waals surface area contributed by atoms with Crippen molar-refractivity contribution in [1.29, 1.82) is 5.26 Å². The summed E-state index contributed by atoms with van der Waals surface area (Å²) >= 11 is 0. The largest absolute Gasteiger partial charge is 0.450 e. The van der Waals surface area contributed by atoms with Crippen LogP contribution in [0.3, 0.4) is 0 Å². The normalized spacial score (nSPS) is 10.2. The molecule has 0 aliphatic carbocycles. The van der Waals surface area contributed by atoms with Crippen LogP contribution < -0.4 is 20.5 Å². The van der Waals surface area contributed by atoms with E-state index in [0.717, 1.165) is 10.6 Å². The Balaban J connectivity index is 1.51. The SMILES string of the molecule is COC(=O)N(Oc1cccc(NC(=O)Nc2ccccc2C#N)c1)c1nc2ccccc2[nH]1. The molecule has 0 bridgehead atoms. The fourth-order valence-corrected chi connectivity index (χ4v) is 3.00. The number of hydroxylamine groups is 1. The highest BCUT2D eigenvalue weighted by atomic mass is 16.7. The summed E-state index contributed by atoms with van der Waals surface area (Å²) in [5, 5.41) is 15.3. The average molecular weight is 442 g/mol. The van der Waals surface area contributed by atoms with Gasteiger partial charge in [0.15, 0.2) is 5.75 Å². The smallest absolute Gasteiger partial charge is 0.450 e. The molecule has 0 spiro atoms. The maximum atomic E-state index is 12.4. The number of H-pyrrole nitrogens is 1. The number of urea groups is 1. The van der Waals surface area contributed by atoms with E-state index in [1.807, 2.05) is 24.3 Å². The number of ether oxygens (including phenoxy) is 1. The van der Waals surface area contributed by atoms with E-state index in [0.29, 0.717) is 22.5 Å². The first kappa shape index (κ1) is 21.2. The summed E-state index contributed by atoms with van der Waals surface area (Å²) in [6.07, 6.45) is -0.793. The van der Waals surface area contributed by atoms with Crippen LogP contribution in [0.15, 0.2) is 72.8 Å². The number of para-hydroxylation sites is 3. The molecule has 3 amide bonds. The lowest BCUT2D eigenvalue weighted by molar-refractivity contribution is 0.146. The van der Waals surface area contributed by atoms with Crippen LogP contribution in [-0.4, -0.2) is 29.2 Å². The molecule has 4 aromatic rings. The summed E-state index contributed by atoms with van der Waals surface area (Å²) in [6.45, 7) is 0. The van der Waals surface area contributed by atoms with Crippen molar-refractivity contribution in [3.63, 3.8) is 0 Å². The quantitative estimate of drug-likeness (QED) is 0.386. The van der Waals surface area contributed by atoms with Crippen molar-refractivity contribution in [2.45, 2.75) is 0 Å². The third-order valence-electron chi connectivity index (χ3n) is 4.49. The van der Waals surface area contributed by atoms with Gasteiger partial charge in [0, 0.05) is 11.8 Å². The van der Waals surface area contributed by atoms with Gasteiger partial charge >= 0.3 is 12.1 Å². The number of nitriles is 1. The third kappa shape index (κ3) is 4.83. The summed E-state index contributed by atoms with van der Waals surface area (Å²) < 4.78 is 4.81. The predicted molar refractivity (Wildman–Crippen MR) is 122 cm³/mol. The molecule has 0 saturated carbocycles. The molecule has 0 aliphatic heterocycles. The van der Waals surface area contributed by atoms with Crippen molar-refractivity contribution < 1.29 is 19.2 Å². The minimum Gasteiger partial charge on any atom is -0.450 e. The van der Waals surface area contributed by atoms with E-state index in [1.165, 1.54) is 13.2 Å². The van der Waals surface area contributed by atoms with Crippen molar-refractivity contribution in [2.24, 2.45) is 0 Å². The fourth-order valence-electron chi connectivity index (χ4n) is 3.00. The topological polar surface area (TPSA) is 132 Å². The Kier molecular flexibility index (Phi) is 6.04. The number of amides is 3. The molecule has 0 aliphatic rings. The lowest BCUT2D eigenvalue weighted by Crippen LogP contribution is -2.35. The number of hydrogen-bond donors (Lipinski definition) is 3. The fraction of sp³-hybridized carbons (Fsp3) is 0.0435. The van der Waals surface area contributed by atoms with Crippen LogP contribution in [0, 0.1) is 11.3 Å². The van der Waals surface area contributed by atoms with Crippen molar-refractivity contribution in [1.82, 2.24) is 9.97 Å². The van der Waals surface area contributed by atoms with Crippen LogP contribution >= 0.6 is 0 Å². The molecule has 0 fully saturated rings. The van der Waals surface area contributed by atoms with Crippen LogP contribution in [0.5, 0.6) is 5.75 Å². The van der Waals surface area contributed by atoms with E-state index in [1.54, 1.807) is 48.5 Å². The molecule has 3 N–H and O–H groups in total.